The highest BCUT2D eigenvalue weighted by Gasteiger charge is 2.10. The monoisotopic (exact) mass is 392 g/mol. The Morgan fingerprint density at radius 1 is 1.11 bits per heavy atom. The number of non-ortho nitro benzene ring substituents is 1. The third-order valence-electron chi connectivity index (χ3n) is 3.41. The molecule has 9 heteroatoms. The van der Waals surface area contributed by atoms with Gasteiger partial charge in [-0.3, -0.25) is 14.9 Å². The van der Waals surface area contributed by atoms with Crippen molar-refractivity contribution in [1.29, 1.82) is 0 Å². The molecule has 8 nitrogen and oxygen atoms in total. The van der Waals surface area contributed by atoms with Crippen molar-refractivity contribution in [3.8, 4) is 11.5 Å². The number of anilines is 1. The molecule has 0 radical (unpaired) electrons. The third-order valence-corrected chi connectivity index (χ3v) is 4.42. The molecule has 0 unspecified atom stereocenters. The van der Waals surface area contributed by atoms with Gasteiger partial charge in [0.2, 0.25) is 5.91 Å². The van der Waals surface area contributed by atoms with Crippen molar-refractivity contribution in [2.75, 3.05) is 38.5 Å². The molecule has 1 N–H and O–H groups in total. The van der Waals surface area contributed by atoms with E-state index in [1.807, 2.05) is 0 Å². The average molecular weight is 392 g/mol. The van der Waals surface area contributed by atoms with E-state index in [9.17, 15) is 14.9 Å². The number of nitrogens with zero attached hydrogens (tertiary/aromatic N) is 1. The summed E-state index contributed by atoms with van der Waals surface area (Å²) in [5.74, 6) is 1.04. The lowest BCUT2D eigenvalue weighted by Crippen LogP contribution is -2.14. The van der Waals surface area contributed by atoms with Gasteiger partial charge in [0.05, 0.1) is 24.4 Å². The lowest BCUT2D eigenvalue weighted by atomic mass is 10.2. The number of rotatable bonds is 10. The minimum Gasteiger partial charge on any atom is -0.493 e. The van der Waals surface area contributed by atoms with Crippen molar-refractivity contribution >= 4 is 29.0 Å². The molecule has 144 valence electrons. The number of nitrogens with one attached hydrogen (secondary N) is 1. The number of hydrogen-bond donors (Lipinski definition) is 1. The Balaban J connectivity index is 1.92. The Labute approximate surface area is 161 Å². The second-order valence-electron chi connectivity index (χ2n) is 5.29. The number of ether oxygens (including phenoxy) is 3. The zero-order valence-corrected chi connectivity index (χ0v) is 15.8. The van der Waals surface area contributed by atoms with E-state index in [-0.39, 0.29) is 17.3 Å². The second-order valence-corrected chi connectivity index (χ2v) is 6.34. The van der Waals surface area contributed by atoms with E-state index in [2.05, 4.69) is 5.32 Å². The summed E-state index contributed by atoms with van der Waals surface area (Å²) in [6.45, 7) is 0.797. The van der Waals surface area contributed by atoms with Gasteiger partial charge in [0.1, 0.15) is 6.61 Å². The molecule has 1 amide bonds. The van der Waals surface area contributed by atoms with E-state index in [0.717, 1.165) is 4.90 Å². The second kappa shape index (κ2) is 10.4. The van der Waals surface area contributed by atoms with Crippen molar-refractivity contribution in [3.63, 3.8) is 0 Å². The zero-order valence-electron chi connectivity index (χ0n) is 15.0. The van der Waals surface area contributed by atoms with E-state index in [1.54, 1.807) is 37.4 Å². The number of benzene rings is 2. The maximum atomic E-state index is 12.2. The fourth-order valence-electron chi connectivity index (χ4n) is 2.11. The highest BCUT2D eigenvalue weighted by Crippen LogP contribution is 2.30. The molecule has 0 aliphatic carbocycles. The van der Waals surface area contributed by atoms with Crippen molar-refractivity contribution < 1.29 is 23.9 Å². The maximum absolute atomic E-state index is 12.2. The van der Waals surface area contributed by atoms with Crippen molar-refractivity contribution in [2.45, 2.75) is 4.90 Å². The highest BCUT2D eigenvalue weighted by atomic mass is 32.2. The van der Waals surface area contributed by atoms with Crippen LogP contribution in [0.2, 0.25) is 0 Å². The van der Waals surface area contributed by atoms with Gasteiger partial charge in [0.15, 0.2) is 11.5 Å². The molecule has 0 aromatic heterocycles. The van der Waals surface area contributed by atoms with Crippen molar-refractivity contribution in [1.82, 2.24) is 0 Å². The number of hydrogen-bond acceptors (Lipinski definition) is 7. The molecule has 0 heterocycles. The maximum Gasteiger partial charge on any atom is 0.269 e. The summed E-state index contributed by atoms with van der Waals surface area (Å²) < 4.78 is 15.8. The predicted molar refractivity (Wildman–Crippen MR) is 103 cm³/mol. The van der Waals surface area contributed by atoms with Gasteiger partial charge in [-0.25, -0.2) is 0 Å². The summed E-state index contributed by atoms with van der Waals surface area (Å²) >= 11 is 1.29. The molecule has 0 atom stereocenters. The first-order valence-corrected chi connectivity index (χ1v) is 8.99. The highest BCUT2D eigenvalue weighted by molar-refractivity contribution is 8.00. The van der Waals surface area contributed by atoms with Gasteiger partial charge in [-0.15, -0.1) is 11.8 Å². The standard InChI is InChI=1S/C18H20N2O6S/c1-24-9-10-26-17-11-13(3-8-16(17)25-2)19-18(21)12-27-15-6-4-14(5-7-15)20(22)23/h3-8,11H,9-10,12H2,1-2H3,(H,19,21). The normalized spacial score (nSPS) is 10.3. The Morgan fingerprint density at radius 3 is 2.48 bits per heavy atom. The number of nitro benzene ring substituents is 1. The first-order valence-electron chi connectivity index (χ1n) is 8.00. The fraction of sp³-hybridized carbons (Fsp3) is 0.278. The van der Waals surface area contributed by atoms with E-state index < -0.39 is 4.92 Å². The third kappa shape index (κ3) is 6.46. The molecule has 0 spiro atoms. The Kier molecular flexibility index (Phi) is 7.90. The van der Waals surface area contributed by atoms with Gasteiger partial charge >= 0.3 is 0 Å². The molecule has 0 saturated heterocycles. The van der Waals surface area contributed by atoms with Crippen LogP contribution in [0.25, 0.3) is 0 Å². The predicted octanol–water partition coefficient (Wildman–Crippen LogP) is 3.36. The van der Waals surface area contributed by atoms with Crippen LogP contribution in [0.15, 0.2) is 47.4 Å². The number of carbonyl (C=O) groups excluding carboxylic acids is 1. The van der Waals surface area contributed by atoms with Crippen LogP contribution in [0.1, 0.15) is 0 Å². The zero-order chi connectivity index (χ0) is 19.6. The Morgan fingerprint density at radius 2 is 1.85 bits per heavy atom. The molecule has 0 fully saturated rings. The first kappa shape index (κ1) is 20.5. The molecular formula is C18H20N2O6S. The SMILES string of the molecule is COCCOc1cc(NC(=O)CSc2ccc([N+](=O)[O-])cc2)ccc1OC. The summed E-state index contributed by atoms with van der Waals surface area (Å²) in [5.41, 5.74) is 0.598. The molecule has 2 aromatic carbocycles. The number of methoxy groups -OCH3 is 2. The van der Waals surface area contributed by atoms with Gasteiger partial charge < -0.3 is 19.5 Å². The van der Waals surface area contributed by atoms with Gasteiger partial charge in [0, 0.05) is 35.9 Å². The summed E-state index contributed by atoms with van der Waals surface area (Å²) in [7, 11) is 3.12. The summed E-state index contributed by atoms with van der Waals surface area (Å²) in [4.78, 5) is 23.1. The van der Waals surface area contributed by atoms with Gasteiger partial charge in [-0.2, -0.15) is 0 Å². The minimum atomic E-state index is -0.461. The number of amides is 1. The van der Waals surface area contributed by atoms with E-state index in [4.69, 9.17) is 14.2 Å². The Hall–Kier alpha value is -2.78. The summed E-state index contributed by atoms with van der Waals surface area (Å²) in [6, 6.07) is 11.2. The molecule has 2 rings (SSSR count). The minimum absolute atomic E-state index is 0.0167. The van der Waals surface area contributed by atoms with E-state index >= 15 is 0 Å². The topological polar surface area (TPSA) is 99.9 Å². The van der Waals surface area contributed by atoms with Crippen LogP contribution < -0.4 is 14.8 Å². The number of nitro groups is 1. The van der Waals surface area contributed by atoms with Gasteiger partial charge in [-0.1, -0.05) is 0 Å². The molecule has 0 aliphatic rings. The molecule has 0 aliphatic heterocycles. The molecule has 27 heavy (non-hydrogen) atoms. The van der Waals surface area contributed by atoms with Crippen LogP contribution in [-0.4, -0.2) is 44.0 Å². The van der Waals surface area contributed by atoms with Crippen LogP contribution in [0.3, 0.4) is 0 Å². The first-order chi connectivity index (χ1) is 13.0. The fourth-order valence-corrected chi connectivity index (χ4v) is 2.81. The molecule has 0 bridgehead atoms. The summed E-state index contributed by atoms with van der Waals surface area (Å²) in [5, 5.41) is 13.4. The average Bonchev–Trinajstić information content (AvgIpc) is 2.67. The smallest absolute Gasteiger partial charge is 0.269 e. The molecular weight excluding hydrogens is 372 g/mol. The van der Waals surface area contributed by atoms with Crippen molar-refractivity contribution in [3.05, 3.63) is 52.6 Å². The Bertz CT molecular complexity index is 782. The lowest BCUT2D eigenvalue weighted by molar-refractivity contribution is -0.384. The van der Waals surface area contributed by atoms with Crippen molar-refractivity contribution in [2.24, 2.45) is 0 Å². The summed E-state index contributed by atoms with van der Waals surface area (Å²) in [6.07, 6.45) is 0. The van der Waals surface area contributed by atoms with Crippen LogP contribution >= 0.6 is 11.8 Å². The van der Waals surface area contributed by atoms with Gasteiger partial charge in [0.25, 0.3) is 5.69 Å². The van der Waals surface area contributed by atoms with Crippen LogP contribution in [0, 0.1) is 10.1 Å². The van der Waals surface area contributed by atoms with Gasteiger partial charge in [-0.05, 0) is 24.3 Å². The van der Waals surface area contributed by atoms with Crippen LogP contribution in [0.4, 0.5) is 11.4 Å². The van der Waals surface area contributed by atoms with Crippen LogP contribution in [0.5, 0.6) is 11.5 Å². The molecule has 2 aromatic rings. The van der Waals surface area contributed by atoms with E-state index in [1.165, 1.54) is 31.0 Å². The lowest BCUT2D eigenvalue weighted by Gasteiger charge is -2.12. The van der Waals surface area contributed by atoms with E-state index in [0.29, 0.717) is 30.4 Å². The number of carbonyl (C=O) groups is 1. The largest absolute Gasteiger partial charge is 0.493 e. The quantitative estimate of drug-likeness (QED) is 0.286. The molecule has 0 saturated carbocycles. The number of thioether (sulfide) groups is 1. The van der Waals surface area contributed by atoms with Crippen LogP contribution in [-0.2, 0) is 9.53 Å².